The summed E-state index contributed by atoms with van der Waals surface area (Å²) in [6.45, 7) is 8.26. The van der Waals surface area contributed by atoms with Crippen LogP contribution in [-0.2, 0) is 0 Å². The SMILES string of the molecule is CCC(CC)C(O)(C(O)c1ccccc1)[C@H](C)CC. The molecule has 0 aliphatic rings. The smallest absolute Gasteiger partial charge is 0.108 e. The third kappa shape index (κ3) is 3.18. The topological polar surface area (TPSA) is 40.5 Å². The fourth-order valence-electron chi connectivity index (χ4n) is 3.07. The Hall–Kier alpha value is -0.860. The van der Waals surface area contributed by atoms with Gasteiger partial charge < -0.3 is 10.2 Å². The van der Waals surface area contributed by atoms with Crippen molar-refractivity contribution in [2.45, 2.75) is 58.7 Å². The van der Waals surface area contributed by atoms with Crippen LogP contribution in [0.2, 0.25) is 0 Å². The van der Waals surface area contributed by atoms with Crippen LogP contribution in [0.5, 0.6) is 0 Å². The number of aliphatic hydroxyl groups is 2. The fraction of sp³-hybridized carbons (Fsp3) is 0.647. The van der Waals surface area contributed by atoms with E-state index in [0.717, 1.165) is 24.8 Å². The molecule has 0 aromatic heterocycles. The van der Waals surface area contributed by atoms with Crippen molar-refractivity contribution in [3.05, 3.63) is 35.9 Å². The van der Waals surface area contributed by atoms with Crippen molar-refractivity contribution in [2.24, 2.45) is 11.8 Å². The van der Waals surface area contributed by atoms with Gasteiger partial charge >= 0.3 is 0 Å². The molecular weight excluding hydrogens is 236 g/mol. The van der Waals surface area contributed by atoms with Gasteiger partial charge in [0.1, 0.15) is 6.10 Å². The Kier molecular flexibility index (Phi) is 6.02. The van der Waals surface area contributed by atoms with E-state index in [4.69, 9.17) is 0 Å². The van der Waals surface area contributed by atoms with Crippen LogP contribution in [0, 0.1) is 11.8 Å². The van der Waals surface area contributed by atoms with Gasteiger partial charge in [0.2, 0.25) is 0 Å². The molecule has 2 nitrogen and oxygen atoms in total. The molecule has 0 saturated carbocycles. The van der Waals surface area contributed by atoms with Crippen molar-refractivity contribution in [1.82, 2.24) is 0 Å². The fourth-order valence-corrected chi connectivity index (χ4v) is 3.07. The zero-order chi connectivity index (χ0) is 14.5. The zero-order valence-electron chi connectivity index (χ0n) is 12.6. The Bertz CT molecular complexity index is 359. The molecule has 0 heterocycles. The van der Waals surface area contributed by atoms with Gasteiger partial charge in [-0.15, -0.1) is 0 Å². The van der Waals surface area contributed by atoms with E-state index in [1.54, 1.807) is 0 Å². The molecule has 2 heteroatoms. The summed E-state index contributed by atoms with van der Waals surface area (Å²) < 4.78 is 0. The maximum Gasteiger partial charge on any atom is 0.108 e. The van der Waals surface area contributed by atoms with Crippen molar-refractivity contribution < 1.29 is 10.2 Å². The van der Waals surface area contributed by atoms with Gasteiger partial charge in [-0.1, -0.05) is 77.3 Å². The number of benzene rings is 1. The summed E-state index contributed by atoms with van der Waals surface area (Å²) in [5.74, 6) is 0.172. The lowest BCUT2D eigenvalue weighted by molar-refractivity contribution is -0.152. The lowest BCUT2D eigenvalue weighted by atomic mass is 9.69. The molecule has 0 amide bonds. The minimum Gasteiger partial charge on any atom is -0.386 e. The largest absolute Gasteiger partial charge is 0.386 e. The second kappa shape index (κ2) is 7.06. The Labute approximate surface area is 117 Å². The van der Waals surface area contributed by atoms with Gasteiger partial charge in [-0.25, -0.2) is 0 Å². The molecule has 1 aromatic rings. The lowest BCUT2D eigenvalue weighted by Crippen LogP contribution is -2.49. The Morgan fingerprint density at radius 3 is 1.95 bits per heavy atom. The minimum atomic E-state index is -1.06. The molecule has 2 unspecified atom stereocenters. The average Bonchev–Trinajstić information content (AvgIpc) is 2.47. The van der Waals surface area contributed by atoms with Crippen LogP contribution in [0.4, 0.5) is 0 Å². The molecule has 3 atom stereocenters. The second-order valence-electron chi connectivity index (χ2n) is 5.52. The molecule has 2 N–H and O–H groups in total. The van der Waals surface area contributed by atoms with E-state index in [2.05, 4.69) is 20.8 Å². The summed E-state index contributed by atoms with van der Waals surface area (Å²) >= 11 is 0. The maximum absolute atomic E-state index is 11.2. The number of hydrogen-bond donors (Lipinski definition) is 2. The van der Waals surface area contributed by atoms with E-state index < -0.39 is 11.7 Å². The molecule has 0 bridgehead atoms. The zero-order valence-corrected chi connectivity index (χ0v) is 12.6. The number of rotatable bonds is 7. The van der Waals surface area contributed by atoms with Gasteiger partial charge in [-0.05, 0) is 17.4 Å². The van der Waals surface area contributed by atoms with Crippen molar-refractivity contribution >= 4 is 0 Å². The van der Waals surface area contributed by atoms with E-state index in [9.17, 15) is 10.2 Å². The van der Waals surface area contributed by atoms with E-state index in [1.165, 1.54) is 0 Å². The molecule has 0 radical (unpaired) electrons. The molecule has 108 valence electrons. The van der Waals surface area contributed by atoms with Crippen LogP contribution in [-0.4, -0.2) is 15.8 Å². The first-order chi connectivity index (χ1) is 9.02. The first-order valence-electron chi connectivity index (χ1n) is 7.47. The summed E-state index contributed by atoms with van der Waals surface area (Å²) in [5, 5.41) is 21.9. The Morgan fingerprint density at radius 1 is 1.00 bits per heavy atom. The van der Waals surface area contributed by atoms with Crippen LogP contribution in [0.25, 0.3) is 0 Å². The first-order valence-corrected chi connectivity index (χ1v) is 7.47. The average molecular weight is 264 g/mol. The molecule has 0 aliphatic heterocycles. The predicted octanol–water partition coefficient (Wildman–Crippen LogP) is 3.93. The summed E-state index contributed by atoms with van der Waals surface area (Å²) in [5.41, 5.74) is -0.253. The maximum atomic E-state index is 11.2. The highest BCUT2D eigenvalue weighted by Gasteiger charge is 2.45. The first kappa shape index (κ1) is 16.2. The van der Waals surface area contributed by atoms with Gasteiger partial charge in [-0.3, -0.25) is 0 Å². The normalized spacial score (nSPS) is 18.1. The summed E-state index contributed by atoms with van der Waals surface area (Å²) in [4.78, 5) is 0. The summed E-state index contributed by atoms with van der Waals surface area (Å²) in [6, 6.07) is 9.52. The molecule has 0 saturated heterocycles. The molecular formula is C17H28O2. The van der Waals surface area contributed by atoms with E-state index in [0.29, 0.717) is 0 Å². The lowest BCUT2D eigenvalue weighted by Gasteiger charge is -2.44. The predicted molar refractivity (Wildman–Crippen MR) is 79.9 cm³/mol. The summed E-state index contributed by atoms with van der Waals surface area (Å²) in [7, 11) is 0. The highest BCUT2D eigenvalue weighted by atomic mass is 16.3. The minimum absolute atomic E-state index is 0.0626. The highest BCUT2D eigenvalue weighted by Crippen LogP contribution is 2.42. The van der Waals surface area contributed by atoms with Crippen LogP contribution < -0.4 is 0 Å². The standard InChI is InChI=1S/C17H28O2/c1-5-13(4)17(19,15(6-2)7-3)16(18)14-11-9-8-10-12-14/h8-13,15-16,18-19H,5-7H2,1-4H3/t13-,16?,17?/m1/s1. The van der Waals surface area contributed by atoms with E-state index in [-0.39, 0.29) is 11.8 Å². The van der Waals surface area contributed by atoms with Crippen LogP contribution >= 0.6 is 0 Å². The third-order valence-electron chi connectivity index (χ3n) is 4.59. The second-order valence-corrected chi connectivity index (χ2v) is 5.52. The van der Waals surface area contributed by atoms with Crippen molar-refractivity contribution in [2.75, 3.05) is 0 Å². The van der Waals surface area contributed by atoms with E-state index in [1.807, 2.05) is 37.3 Å². The van der Waals surface area contributed by atoms with Crippen LogP contribution in [0.1, 0.15) is 58.6 Å². The molecule has 0 fully saturated rings. The Balaban J connectivity index is 3.16. The Morgan fingerprint density at radius 2 is 1.53 bits per heavy atom. The molecule has 1 aromatic carbocycles. The molecule has 19 heavy (non-hydrogen) atoms. The molecule has 0 spiro atoms. The van der Waals surface area contributed by atoms with Crippen LogP contribution in [0.3, 0.4) is 0 Å². The summed E-state index contributed by atoms with van der Waals surface area (Å²) in [6.07, 6.45) is 1.79. The monoisotopic (exact) mass is 264 g/mol. The van der Waals surface area contributed by atoms with Crippen LogP contribution in [0.15, 0.2) is 30.3 Å². The van der Waals surface area contributed by atoms with Crippen molar-refractivity contribution in [1.29, 1.82) is 0 Å². The number of hydrogen-bond acceptors (Lipinski definition) is 2. The third-order valence-corrected chi connectivity index (χ3v) is 4.59. The van der Waals surface area contributed by atoms with Gasteiger partial charge in [0.25, 0.3) is 0 Å². The van der Waals surface area contributed by atoms with Gasteiger partial charge in [0.05, 0.1) is 5.60 Å². The quantitative estimate of drug-likeness (QED) is 0.783. The van der Waals surface area contributed by atoms with E-state index >= 15 is 0 Å². The highest BCUT2D eigenvalue weighted by molar-refractivity contribution is 5.21. The van der Waals surface area contributed by atoms with Gasteiger partial charge in [0, 0.05) is 0 Å². The number of aliphatic hydroxyl groups excluding tert-OH is 1. The molecule has 1 rings (SSSR count). The van der Waals surface area contributed by atoms with Gasteiger partial charge in [0.15, 0.2) is 0 Å². The van der Waals surface area contributed by atoms with Crippen molar-refractivity contribution in [3.8, 4) is 0 Å². The molecule has 0 aliphatic carbocycles. The van der Waals surface area contributed by atoms with Crippen molar-refractivity contribution in [3.63, 3.8) is 0 Å². The van der Waals surface area contributed by atoms with Gasteiger partial charge in [-0.2, -0.15) is 0 Å².